The first kappa shape index (κ1) is 15.8. The number of hydrazine groups is 1. The monoisotopic (exact) mass is 318 g/mol. The molecular weight excluding hydrogens is 308 g/mol. The molecule has 0 aliphatic heterocycles. The lowest BCUT2D eigenvalue weighted by Gasteiger charge is -2.17. The Balaban J connectivity index is 2.32. The molecule has 112 valence electrons. The molecule has 21 heavy (non-hydrogen) atoms. The molecule has 0 aliphatic rings. The Morgan fingerprint density at radius 2 is 1.62 bits per heavy atom. The molecule has 2 aromatic carbocycles. The third kappa shape index (κ3) is 3.53. The predicted octanol–water partition coefficient (Wildman–Crippen LogP) is 3.64. The third-order valence-electron chi connectivity index (χ3n) is 3.05. The van der Waals surface area contributed by atoms with Crippen molar-refractivity contribution < 1.29 is 17.6 Å². The zero-order valence-electron chi connectivity index (χ0n) is 10.6. The fourth-order valence-electron chi connectivity index (χ4n) is 1.96. The van der Waals surface area contributed by atoms with Gasteiger partial charge < -0.3 is 0 Å². The molecule has 1 unspecified atom stereocenters. The lowest BCUT2D eigenvalue weighted by atomic mass is 9.98. The van der Waals surface area contributed by atoms with Gasteiger partial charge in [-0.05, 0) is 41.8 Å². The van der Waals surface area contributed by atoms with Crippen molar-refractivity contribution >= 4 is 11.6 Å². The van der Waals surface area contributed by atoms with Gasteiger partial charge >= 0.3 is 0 Å². The van der Waals surface area contributed by atoms with Gasteiger partial charge in [-0.1, -0.05) is 17.7 Å². The van der Waals surface area contributed by atoms with Crippen LogP contribution < -0.4 is 11.3 Å². The van der Waals surface area contributed by atoms with Crippen molar-refractivity contribution in [2.24, 2.45) is 5.84 Å². The van der Waals surface area contributed by atoms with Crippen LogP contribution in [0.5, 0.6) is 0 Å². The van der Waals surface area contributed by atoms with E-state index in [2.05, 4.69) is 5.43 Å². The van der Waals surface area contributed by atoms with Crippen molar-refractivity contribution in [3.63, 3.8) is 0 Å². The molecule has 2 nitrogen and oxygen atoms in total. The lowest BCUT2D eigenvalue weighted by Crippen LogP contribution is -2.30. The van der Waals surface area contributed by atoms with Crippen LogP contribution in [-0.2, 0) is 6.42 Å². The molecule has 1 atom stereocenters. The maximum Gasteiger partial charge on any atom is 0.194 e. The molecule has 0 bridgehead atoms. The van der Waals surface area contributed by atoms with E-state index in [9.17, 15) is 17.6 Å². The average Bonchev–Trinajstić information content (AvgIpc) is 2.43. The van der Waals surface area contributed by atoms with E-state index in [1.54, 1.807) is 0 Å². The van der Waals surface area contributed by atoms with Crippen LogP contribution in [0.4, 0.5) is 17.6 Å². The highest BCUT2D eigenvalue weighted by molar-refractivity contribution is 6.30. The van der Waals surface area contributed by atoms with Crippen LogP contribution in [0.2, 0.25) is 5.02 Å². The van der Waals surface area contributed by atoms with Gasteiger partial charge in [-0.2, -0.15) is 0 Å². The summed E-state index contributed by atoms with van der Waals surface area (Å²) >= 11 is 5.64. The van der Waals surface area contributed by atoms with Gasteiger partial charge in [0.1, 0.15) is 5.82 Å². The summed E-state index contributed by atoms with van der Waals surface area (Å²) in [6.07, 6.45) is 0.0179. The van der Waals surface area contributed by atoms with Crippen molar-refractivity contribution in [3.8, 4) is 0 Å². The van der Waals surface area contributed by atoms with E-state index >= 15 is 0 Å². The molecular formula is C14H11ClF4N2. The van der Waals surface area contributed by atoms with Crippen LogP contribution in [0.1, 0.15) is 17.2 Å². The average molecular weight is 319 g/mol. The van der Waals surface area contributed by atoms with E-state index in [4.69, 9.17) is 17.4 Å². The van der Waals surface area contributed by atoms with Crippen molar-refractivity contribution in [1.29, 1.82) is 0 Å². The van der Waals surface area contributed by atoms with E-state index < -0.39 is 29.3 Å². The summed E-state index contributed by atoms with van der Waals surface area (Å²) < 4.78 is 53.1. The molecule has 2 aromatic rings. The fourth-order valence-corrected chi connectivity index (χ4v) is 2.12. The minimum atomic E-state index is -1.56. The van der Waals surface area contributed by atoms with Gasteiger partial charge in [0.25, 0.3) is 0 Å². The Hall–Kier alpha value is -1.63. The molecule has 0 aromatic heterocycles. The van der Waals surface area contributed by atoms with Crippen LogP contribution >= 0.6 is 11.6 Å². The van der Waals surface area contributed by atoms with Gasteiger partial charge in [-0.3, -0.25) is 11.3 Å². The number of hydrogen-bond donors (Lipinski definition) is 2. The van der Waals surface area contributed by atoms with E-state index in [0.29, 0.717) is 0 Å². The van der Waals surface area contributed by atoms with Gasteiger partial charge in [-0.15, -0.1) is 0 Å². The molecule has 0 radical (unpaired) electrons. The van der Waals surface area contributed by atoms with Gasteiger partial charge in [0, 0.05) is 5.02 Å². The molecule has 2 rings (SSSR count). The molecule has 3 N–H and O–H groups in total. The standard InChI is InChI=1S/C14H11ClF4N2/c15-9-2-1-7(10(16)6-9)5-13(21-20)8-3-11(17)14(19)12(18)4-8/h1-4,6,13,21H,5,20H2. The number of halogens is 5. The predicted molar refractivity (Wildman–Crippen MR) is 71.5 cm³/mol. The van der Waals surface area contributed by atoms with Crippen molar-refractivity contribution in [2.75, 3.05) is 0 Å². The van der Waals surface area contributed by atoms with Gasteiger partial charge in [0.2, 0.25) is 0 Å². The minimum absolute atomic E-state index is 0.0179. The Bertz CT molecular complexity index is 640. The Labute approximate surface area is 123 Å². The van der Waals surface area contributed by atoms with E-state index in [1.807, 2.05) is 0 Å². The smallest absolute Gasteiger partial charge is 0.194 e. The van der Waals surface area contributed by atoms with Crippen LogP contribution in [-0.4, -0.2) is 0 Å². The Morgan fingerprint density at radius 3 is 2.14 bits per heavy atom. The summed E-state index contributed by atoms with van der Waals surface area (Å²) in [6, 6.07) is 4.90. The Kier molecular flexibility index (Phi) is 4.82. The Morgan fingerprint density at radius 1 is 1.00 bits per heavy atom. The van der Waals surface area contributed by atoms with Gasteiger partial charge in [-0.25, -0.2) is 17.6 Å². The molecule has 0 heterocycles. The maximum atomic E-state index is 13.7. The highest BCUT2D eigenvalue weighted by Gasteiger charge is 2.18. The van der Waals surface area contributed by atoms with Gasteiger partial charge in [0.15, 0.2) is 17.5 Å². The molecule has 7 heteroatoms. The molecule has 0 fully saturated rings. The second-order valence-corrected chi connectivity index (χ2v) is 4.89. The third-order valence-corrected chi connectivity index (χ3v) is 3.28. The summed E-state index contributed by atoms with van der Waals surface area (Å²) in [5.74, 6) is 0.544. The highest BCUT2D eigenvalue weighted by atomic mass is 35.5. The number of hydrogen-bond acceptors (Lipinski definition) is 2. The maximum absolute atomic E-state index is 13.7. The summed E-state index contributed by atoms with van der Waals surface area (Å²) in [5.41, 5.74) is 2.66. The van der Waals surface area contributed by atoms with Crippen molar-refractivity contribution in [3.05, 3.63) is 69.8 Å². The lowest BCUT2D eigenvalue weighted by molar-refractivity contribution is 0.439. The first-order valence-electron chi connectivity index (χ1n) is 5.97. The van der Waals surface area contributed by atoms with Crippen LogP contribution in [0.25, 0.3) is 0 Å². The van der Waals surface area contributed by atoms with E-state index in [0.717, 1.165) is 18.2 Å². The topological polar surface area (TPSA) is 38.0 Å². The van der Waals surface area contributed by atoms with Crippen LogP contribution in [0, 0.1) is 23.3 Å². The second kappa shape index (κ2) is 6.43. The van der Waals surface area contributed by atoms with E-state index in [1.165, 1.54) is 12.1 Å². The largest absolute Gasteiger partial charge is 0.271 e. The quantitative estimate of drug-likeness (QED) is 0.391. The van der Waals surface area contributed by atoms with Crippen LogP contribution in [0.15, 0.2) is 30.3 Å². The number of nitrogens with one attached hydrogen (secondary N) is 1. The normalized spacial score (nSPS) is 12.5. The van der Waals surface area contributed by atoms with Crippen molar-refractivity contribution in [1.82, 2.24) is 5.43 Å². The number of nitrogens with two attached hydrogens (primary N) is 1. The summed E-state index contributed by atoms with van der Waals surface area (Å²) in [6.45, 7) is 0. The molecule has 0 saturated heterocycles. The highest BCUT2D eigenvalue weighted by Crippen LogP contribution is 2.24. The number of benzene rings is 2. The summed E-state index contributed by atoms with van der Waals surface area (Å²) in [5, 5.41) is 0.229. The minimum Gasteiger partial charge on any atom is -0.271 e. The zero-order valence-corrected chi connectivity index (χ0v) is 11.4. The summed E-state index contributed by atoms with van der Waals surface area (Å²) in [7, 11) is 0. The van der Waals surface area contributed by atoms with Gasteiger partial charge in [0.05, 0.1) is 6.04 Å². The fraction of sp³-hybridized carbons (Fsp3) is 0.143. The molecule has 0 amide bonds. The first-order valence-corrected chi connectivity index (χ1v) is 6.34. The second-order valence-electron chi connectivity index (χ2n) is 4.46. The molecule has 0 spiro atoms. The van der Waals surface area contributed by atoms with E-state index in [-0.39, 0.29) is 22.6 Å². The van der Waals surface area contributed by atoms with Crippen molar-refractivity contribution in [2.45, 2.75) is 12.5 Å². The van der Waals surface area contributed by atoms with Crippen LogP contribution in [0.3, 0.4) is 0 Å². The molecule has 0 aliphatic carbocycles. The number of rotatable bonds is 4. The SMILES string of the molecule is NNC(Cc1ccc(Cl)cc1F)c1cc(F)c(F)c(F)c1. The zero-order chi connectivity index (χ0) is 15.6. The molecule has 0 saturated carbocycles. The first-order chi connectivity index (χ1) is 9.92. The summed E-state index contributed by atoms with van der Waals surface area (Å²) in [4.78, 5) is 0.